The normalized spacial score (nSPS) is 14.9. The summed E-state index contributed by atoms with van der Waals surface area (Å²) in [5, 5.41) is 3.37. The van der Waals surface area contributed by atoms with Gasteiger partial charge in [0.25, 0.3) is 0 Å². The minimum absolute atomic E-state index is 0.214. The van der Waals surface area contributed by atoms with Crippen LogP contribution >= 0.6 is 0 Å². The van der Waals surface area contributed by atoms with Gasteiger partial charge in [-0.25, -0.2) is 0 Å². The summed E-state index contributed by atoms with van der Waals surface area (Å²) in [6, 6.07) is 8.61. The van der Waals surface area contributed by atoms with Crippen LogP contribution in [0.3, 0.4) is 0 Å². The zero-order chi connectivity index (χ0) is 14.0. The van der Waals surface area contributed by atoms with E-state index in [0.717, 1.165) is 18.7 Å². The number of carbonyl (C=O) groups excluding carboxylic acids is 1. The Morgan fingerprint density at radius 2 is 2.05 bits per heavy atom. The van der Waals surface area contributed by atoms with Gasteiger partial charge in [0.05, 0.1) is 5.41 Å². The quantitative estimate of drug-likeness (QED) is 0.902. The van der Waals surface area contributed by atoms with Gasteiger partial charge in [0.15, 0.2) is 0 Å². The van der Waals surface area contributed by atoms with Crippen molar-refractivity contribution in [2.45, 2.75) is 40.2 Å². The fourth-order valence-electron chi connectivity index (χ4n) is 2.45. The highest BCUT2D eigenvalue weighted by Gasteiger charge is 2.35. The van der Waals surface area contributed by atoms with Crippen molar-refractivity contribution < 1.29 is 4.79 Å². The maximum atomic E-state index is 12.7. The van der Waals surface area contributed by atoms with E-state index in [-0.39, 0.29) is 11.3 Å². The third-order valence-electron chi connectivity index (χ3n) is 3.66. The molecule has 0 saturated carbocycles. The standard InChI is InChI=1S/C16H24N2O/c1-12(2)17-11-16(3,4)15(19)18-10-9-13-7-5-6-8-14(13)18/h5-8,12,17H,9-11H2,1-4H3. The average molecular weight is 260 g/mol. The number of nitrogens with zero attached hydrogens (tertiary/aromatic N) is 1. The minimum Gasteiger partial charge on any atom is -0.313 e. The monoisotopic (exact) mass is 260 g/mol. The predicted molar refractivity (Wildman–Crippen MR) is 79.4 cm³/mol. The molecule has 1 N–H and O–H groups in total. The molecule has 0 fully saturated rings. The zero-order valence-corrected chi connectivity index (χ0v) is 12.4. The van der Waals surface area contributed by atoms with Crippen LogP contribution in [-0.4, -0.2) is 25.0 Å². The summed E-state index contributed by atoms with van der Waals surface area (Å²) < 4.78 is 0. The van der Waals surface area contributed by atoms with Crippen LogP contribution in [0.25, 0.3) is 0 Å². The van der Waals surface area contributed by atoms with E-state index in [1.54, 1.807) is 0 Å². The number of hydrogen-bond acceptors (Lipinski definition) is 2. The first-order valence-corrected chi connectivity index (χ1v) is 7.05. The molecule has 1 aromatic carbocycles. The first-order chi connectivity index (χ1) is 8.92. The molecule has 0 aliphatic carbocycles. The molecule has 2 rings (SSSR count). The molecule has 1 aliphatic rings. The van der Waals surface area contributed by atoms with Gasteiger partial charge >= 0.3 is 0 Å². The van der Waals surface area contributed by atoms with Crippen molar-refractivity contribution in [3.05, 3.63) is 29.8 Å². The fraction of sp³-hybridized carbons (Fsp3) is 0.562. The molecule has 0 unspecified atom stereocenters. The lowest BCUT2D eigenvalue weighted by Crippen LogP contribution is -2.46. The molecule has 0 bridgehead atoms. The Morgan fingerprint density at radius 3 is 2.74 bits per heavy atom. The van der Waals surface area contributed by atoms with Crippen molar-refractivity contribution >= 4 is 11.6 Å². The van der Waals surface area contributed by atoms with Gasteiger partial charge in [-0.1, -0.05) is 32.0 Å². The summed E-state index contributed by atoms with van der Waals surface area (Å²) in [6.45, 7) is 9.76. The number of benzene rings is 1. The molecule has 0 atom stereocenters. The SMILES string of the molecule is CC(C)NCC(C)(C)C(=O)N1CCc2ccccc21. The highest BCUT2D eigenvalue weighted by atomic mass is 16.2. The molecule has 1 amide bonds. The maximum absolute atomic E-state index is 12.7. The number of para-hydroxylation sites is 1. The van der Waals surface area contributed by atoms with Crippen LogP contribution < -0.4 is 10.2 Å². The molecular formula is C16H24N2O. The molecule has 19 heavy (non-hydrogen) atoms. The summed E-state index contributed by atoms with van der Waals surface area (Å²) in [4.78, 5) is 14.7. The largest absolute Gasteiger partial charge is 0.313 e. The highest BCUT2D eigenvalue weighted by Crippen LogP contribution is 2.31. The topological polar surface area (TPSA) is 32.3 Å². The number of amides is 1. The second-order valence-corrected chi connectivity index (χ2v) is 6.25. The third-order valence-corrected chi connectivity index (χ3v) is 3.66. The lowest BCUT2D eigenvalue weighted by atomic mass is 9.91. The summed E-state index contributed by atoms with van der Waals surface area (Å²) in [5.41, 5.74) is 2.00. The number of anilines is 1. The van der Waals surface area contributed by atoms with Crippen LogP contribution in [0.2, 0.25) is 0 Å². The van der Waals surface area contributed by atoms with Gasteiger partial charge in [0.2, 0.25) is 5.91 Å². The van der Waals surface area contributed by atoms with E-state index >= 15 is 0 Å². The molecule has 1 aromatic rings. The van der Waals surface area contributed by atoms with Gasteiger partial charge in [-0.2, -0.15) is 0 Å². The molecule has 104 valence electrons. The lowest BCUT2D eigenvalue weighted by molar-refractivity contribution is -0.126. The van der Waals surface area contributed by atoms with E-state index in [9.17, 15) is 4.79 Å². The van der Waals surface area contributed by atoms with Gasteiger partial charge in [0.1, 0.15) is 0 Å². The third kappa shape index (κ3) is 2.98. The first kappa shape index (κ1) is 14.1. The van der Waals surface area contributed by atoms with Gasteiger partial charge in [-0.15, -0.1) is 0 Å². The van der Waals surface area contributed by atoms with Crippen LogP contribution in [-0.2, 0) is 11.2 Å². The zero-order valence-electron chi connectivity index (χ0n) is 12.4. The van der Waals surface area contributed by atoms with Crippen molar-refractivity contribution in [3.8, 4) is 0 Å². The Kier molecular flexibility index (Phi) is 3.95. The van der Waals surface area contributed by atoms with E-state index in [1.165, 1.54) is 5.56 Å². The van der Waals surface area contributed by atoms with Gasteiger partial charge in [0, 0.05) is 24.8 Å². The van der Waals surface area contributed by atoms with E-state index in [0.29, 0.717) is 12.6 Å². The van der Waals surface area contributed by atoms with Crippen molar-refractivity contribution in [2.75, 3.05) is 18.0 Å². The second kappa shape index (κ2) is 5.33. The molecule has 3 nitrogen and oxygen atoms in total. The molecule has 0 radical (unpaired) electrons. The van der Waals surface area contributed by atoms with E-state index in [4.69, 9.17) is 0 Å². The maximum Gasteiger partial charge on any atom is 0.233 e. The Bertz CT molecular complexity index is 466. The number of hydrogen-bond donors (Lipinski definition) is 1. The predicted octanol–water partition coefficient (Wildman–Crippen LogP) is 2.60. The highest BCUT2D eigenvalue weighted by molar-refractivity contribution is 5.99. The van der Waals surface area contributed by atoms with E-state index in [2.05, 4.69) is 25.2 Å². The number of carbonyl (C=O) groups is 1. The molecule has 0 aromatic heterocycles. The van der Waals surface area contributed by atoms with Crippen molar-refractivity contribution in [2.24, 2.45) is 5.41 Å². The average Bonchev–Trinajstić information content (AvgIpc) is 2.79. The second-order valence-electron chi connectivity index (χ2n) is 6.25. The smallest absolute Gasteiger partial charge is 0.233 e. The van der Waals surface area contributed by atoms with Gasteiger partial charge in [-0.3, -0.25) is 4.79 Å². The first-order valence-electron chi connectivity index (χ1n) is 7.05. The van der Waals surface area contributed by atoms with Crippen LogP contribution in [0.4, 0.5) is 5.69 Å². The van der Waals surface area contributed by atoms with Crippen LogP contribution in [0.1, 0.15) is 33.3 Å². The number of nitrogens with one attached hydrogen (secondary N) is 1. The Balaban J connectivity index is 2.12. The summed E-state index contributed by atoms with van der Waals surface area (Å²) in [6.07, 6.45) is 0.968. The Morgan fingerprint density at radius 1 is 1.37 bits per heavy atom. The Hall–Kier alpha value is -1.35. The van der Waals surface area contributed by atoms with Crippen molar-refractivity contribution in [3.63, 3.8) is 0 Å². The van der Waals surface area contributed by atoms with Gasteiger partial charge < -0.3 is 10.2 Å². The summed E-state index contributed by atoms with van der Waals surface area (Å²) in [7, 11) is 0. The summed E-state index contributed by atoms with van der Waals surface area (Å²) in [5.74, 6) is 0.214. The fourth-order valence-corrected chi connectivity index (χ4v) is 2.45. The van der Waals surface area contributed by atoms with Crippen LogP contribution in [0.5, 0.6) is 0 Å². The molecule has 0 spiro atoms. The molecule has 1 heterocycles. The molecule has 1 aliphatic heterocycles. The van der Waals surface area contributed by atoms with Crippen molar-refractivity contribution in [1.29, 1.82) is 0 Å². The summed E-state index contributed by atoms with van der Waals surface area (Å²) >= 11 is 0. The van der Waals surface area contributed by atoms with Crippen molar-refractivity contribution in [1.82, 2.24) is 5.32 Å². The van der Waals surface area contributed by atoms with E-state index < -0.39 is 0 Å². The minimum atomic E-state index is -0.373. The molecule has 0 saturated heterocycles. The Labute approximate surface area is 116 Å². The number of fused-ring (bicyclic) bond motifs is 1. The van der Waals surface area contributed by atoms with Crippen LogP contribution in [0.15, 0.2) is 24.3 Å². The number of rotatable bonds is 4. The molecular weight excluding hydrogens is 236 g/mol. The van der Waals surface area contributed by atoms with Gasteiger partial charge in [-0.05, 0) is 31.9 Å². The lowest BCUT2D eigenvalue weighted by Gasteiger charge is -2.30. The van der Waals surface area contributed by atoms with E-state index in [1.807, 2.05) is 36.9 Å². The van der Waals surface area contributed by atoms with Crippen LogP contribution in [0, 0.1) is 5.41 Å². The molecule has 3 heteroatoms.